The first kappa shape index (κ1) is 28.8. The second-order valence-electron chi connectivity index (χ2n) is 7.90. The number of hydrogen-bond acceptors (Lipinski definition) is 4. The van der Waals surface area contributed by atoms with Gasteiger partial charge in [0, 0.05) is 0 Å². The Bertz CT molecular complexity index is 717. The zero-order valence-electron chi connectivity index (χ0n) is 18.7. The van der Waals surface area contributed by atoms with Crippen LogP contribution in [0, 0.1) is 11.8 Å². The van der Waals surface area contributed by atoms with Crippen LogP contribution in [0.2, 0.25) is 0 Å². The lowest BCUT2D eigenvalue weighted by Gasteiger charge is -2.04. The van der Waals surface area contributed by atoms with Crippen molar-refractivity contribution in [3.05, 3.63) is 47.5 Å². The summed E-state index contributed by atoms with van der Waals surface area (Å²) in [6.07, 6.45) is 11.0. The normalized spacial score (nSPS) is 11.6. The molecule has 4 N–H and O–H groups in total. The van der Waals surface area contributed by atoms with Crippen LogP contribution in [0.3, 0.4) is 0 Å². The van der Waals surface area contributed by atoms with Crippen molar-refractivity contribution in [1.82, 2.24) is 0 Å². The van der Waals surface area contributed by atoms with Gasteiger partial charge in [0.1, 0.15) is 0 Å². The van der Waals surface area contributed by atoms with Gasteiger partial charge in [0.25, 0.3) is 0 Å². The minimum atomic E-state index is -1.08. The van der Waals surface area contributed by atoms with E-state index in [1.54, 1.807) is 6.08 Å². The molecule has 1 unspecified atom stereocenters. The van der Waals surface area contributed by atoms with Gasteiger partial charge in [-0.25, -0.2) is 9.59 Å². The minimum Gasteiger partial charge on any atom is -0.481 e. The molecule has 0 spiro atoms. The third-order valence-corrected chi connectivity index (χ3v) is 4.61. The Labute approximate surface area is 188 Å². The lowest BCUT2D eigenvalue weighted by molar-refractivity contribution is -0.146. The molecule has 32 heavy (non-hydrogen) atoms. The summed E-state index contributed by atoms with van der Waals surface area (Å²) in [5, 5.41) is 34.4. The van der Waals surface area contributed by atoms with E-state index in [1.807, 2.05) is 0 Å². The largest absolute Gasteiger partial charge is 0.481 e. The smallest absolute Gasteiger partial charge is 0.335 e. The molecule has 1 aromatic carbocycles. The molecule has 1 atom stereocenters. The fourth-order valence-corrected chi connectivity index (χ4v) is 2.79. The van der Waals surface area contributed by atoms with Gasteiger partial charge >= 0.3 is 23.9 Å². The molecule has 0 saturated carbocycles. The van der Waals surface area contributed by atoms with Gasteiger partial charge in [-0.3, -0.25) is 9.59 Å². The first-order chi connectivity index (χ1) is 15.0. The highest BCUT2D eigenvalue weighted by molar-refractivity contribution is 5.91. The fourth-order valence-electron chi connectivity index (χ4n) is 2.79. The van der Waals surface area contributed by atoms with E-state index in [4.69, 9.17) is 20.4 Å². The number of benzene rings is 1. The van der Waals surface area contributed by atoms with Crippen LogP contribution in [0.1, 0.15) is 85.9 Å². The van der Waals surface area contributed by atoms with E-state index < -0.39 is 29.8 Å². The fraction of sp³-hybridized carbons (Fsp3) is 0.500. The van der Waals surface area contributed by atoms with Crippen LogP contribution in [0.5, 0.6) is 0 Å². The van der Waals surface area contributed by atoms with Crippen molar-refractivity contribution in [1.29, 1.82) is 0 Å². The van der Waals surface area contributed by atoms with Crippen LogP contribution in [0.25, 0.3) is 0 Å². The second kappa shape index (κ2) is 16.5. The van der Waals surface area contributed by atoms with Crippen LogP contribution in [0.4, 0.5) is 0 Å². The minimum absolute atomic E-state index is 0.0833. The van der Waals surface area contributed by atoms with Gasteiger partial charge < -0.3 is 20.4 Å². The summed E-state index contributed by atoms with van der Waals surface area (Å²) in [6.45, 7) is 4.47. The van der Waals surface area contributed by atoms with Crippen LogP contribution < -0.4 is 0 Å². The summed E-state index contributed by atoms with van der Waals surface area (Å²) >= 11 is 0. The summed E-state index contributed by atoms with van der Waals surface area (Å²) in [5.41, 5.74) is 0.167. The third-order valence-electron chi connectivity index (χ3n) is 4.61. The summed E-state index contributed by atoms with van der Waals surface area (Å²) in [4.78, 5) is 42.0. The molecule has 0 bridgehead atoms. The molecule has 8 nitrogen and oxygen atoms in total. The standard InChI is InChI=1S/C16H28O4.C8H6O4/c1-13(2)10-8-6-4-3-5-7-9-11-14(16(19)20)12-15(17)18;9-7(10)5-1-2-6(4-3-5)8(11)12/h9,11,13-14H,3-8,10,12H2,1-2H3,(H,17,18)(H,19,20);1-4H,(H,9,10)(H,11,12). The number of hydrogen-bond donors (Lipinski definition) is 4. The number of aliphatic carboxylic acids is 2. The van der Waals surface area contributed by atoms with E-state index in [0.717, 1.165) is 25.2 Å². The second-order valence-corrected chi connectivity index (χ2v) is 7.90. The number of carboxylic acids is 4. The molecule has 1 aromatic rings. The van der Waals surface area contributed by atoms with Gasteiger partial charge in [-0.2, -0.15) is 0 Å². The number of carbonyl (C=O) groups is 4. The SMILES string of the molecule is CC(C)CCCCCCCC=CC(CC(=O)O)C(=O)O.O=C(O)c1ccc(C(=O)O)cc1. The predicted molar refractivity (Wildman–Crippen MR) is 120 cm³/mol. The number of unbranched alkanes of at least 4 members (excludes halogenated alkanes) is 5. The maximum Gasteiger partial charge on any atom is 0.335 e. The van der Waals surface area contributed by atoms with Gasteiger partial charge in [0.05, 0.1) is 23.5 Å². The lowest BCUT2D eigenvalue weighted by Crippen LogP contribution is -2.15. The molecule has 0 aromatic heterocycles. The third kappa shape index (κ3) is 14.8. The van der Waals surface area contributed by atoms with Crippen molar-refractivity contribution in [2.24, 2.45) is 11.8 Å². The Hall–Kier alpha value is -3.16. The Morgan fingerprint density at radius 2 is 1.25 bits per heavy atom. The van der Waals surface area contributed by atoms with Crippen molar-refractivity contribution in [3.8, 4) is 0 Å². The molecular weight excluding hydrogens is 416 g/mol. The summed E-state index contributed by atoms with van der Waals surface area (Å²) < 4.78 is 0. The van der Waals surface area contributed by atoms with Gasteiger partial charge in [-0.15, -0.1) is 0 Å². The number of aromatic carboxylic acids is 2. The highest BCUT2D eigenvalue weighted by atomic mass is 16.4. The zero-order chi connectivity index (χ0) is 24.5. The van der Waals surface area contributed by atoms with Gasteiger partial charge in [0.2, 0.25) is 0 Å². The Balaban J connectivity index is 0.000000677. The monoisotopic (exact) mass is 450 g/mol. The highest BCUT2D eigenvalue weighted by Gasteiger charge is 2.17. The van der Waals surface area contributed by atoms with Crippen molar-refractivity contribution in [3.63, 3.8) is 0 Å². The Morgan fingerprint density at radius 3 is 1.66 bits per heavy atom. The van der Waals surface area contributed by atoms with Gasteiger partial charge in [0.15, 0.2) is 0 Å². The lowest BCUT2D eigenvalue weighted by atomic mass is 10.0. The van der Waals surface area contributed by atoms with Crippen molar-refractivity contribution < 1.29 is 39.6 Å². The zero-order valence-corrected chi connectivity index (χ0v) is 18.7. The van der Waals surface area contributed by atoms with E-state index >= 15 is 0 Å². The summed E-state index contributed by atoms with van der Waals surface area (Å²) in [6, 6.07) is 5.02. The Morgan fingerprint density at radius 1 is 0.781 bits per heavy atom. The molecule has 178 valence electrons. The molecule has 1 rings (SSSR count). The number of carboxylic acid groups (broad SMARTS) is 4. The average Bonchev–Trinajstić information content (AvgIpc) is 2.71. The maximum atomic E-state index is 10.8. The van der Waals surface area contributed by atoms with E-state index in [2.05, 4.69) is 13.8 Å². The molecule has 0 amide bonds. The predicted octanol–water partition coefficient (Wildman–Crippen LogP) is 5.19. The molecular formula is C24H34O8. The molecule has 0 heterocycles. The molecule has 0 aliphatic carbocycles. The van der Waals surface area contributed by atoms with Gasteiger partial charge in [-0.1, -0.05) is 58.1 Å². The van der Waals surface area contributed by atoms with Crippen LogP contribution in [0.15, 0.2) is 36.4 Å². The summed E-state index contributed by atoms with van der Waals surface area (Å²) in [5.74, 6) is -4.40. The molecule has 0 saturated heterocycles. The van der Waals surface area contributed by atoms with Crippen molar-refractivity contribution in [2.45, 2.75) is 65.2 Å². The maximum absolute atomic E-state index is 10.8. The van der Waals surface area contributed by atoms with Crippen LogP contribution in [-0.2, 0) is 9.59 Å². The van der Waals surface area contributed by atoms with E-state index in [-0.39, 0.29) is 17.5 Å². The topological polar surface area (TPSA) is 149 Å². The number of allylic oxidation sites excluding steroid dienone is 1. The first-order valence-electron chi connectivity index (χ1n) is 10.7. The van der Waals surface area contributed by atoms with E-state index in [1.165, 1.54) is 56.0 Å². The van der Waals surface area contributed by atoms with Crippen molar-refractivity contribution >= 4 is 23.9 Å². The average molecular weight is 451 g/mol. The van der Waals surface area contributed by atoms with Crippen molar-refractivity contribution in [2.75, 3.05) is 0 Å². The molecule has 0 fully saturated rings. The molecule has 8 heteroatoms. The van der Waals surface area contributed by atoms with E-state index in [9.17, 15) is 19.2 Å². The highest BCUT2D eigenvalue weighted by Crippen LogP contribution is 2.12. The van der Waals surface area contributed by atoms with Crippen LogP contribution >= 0.6 is 0 Å². The molecule has 0 radical (unpaired) electrons. The Kier molecular flexibility index (Phi) is 14.9. The number of rotatable bonds is 14. The molecule has 0 aliphatic rings. The van der Waals surface area contributed by atoms with Gasteiger partial charge in [-0.05, 0) is 43.0 Å². The quantitative estimate of drug-likeness (QED) is 0.223. The summed E-state index contributed by atoms with van der Waals surface area (Å²) in [7, 11) is 0. The van der Waals surface area contributed by atoms with Crippen LogP contribution in [-0.4, -0.2) is 44.3 Å². The first-order valence-corrected chi connectivity index (χ1v) is 10.7. The van der Waals surface area contributed by atoms with E-state index in [0.29, 0.717) is 0 Å². The molecule has 0 aliphatic heterocycles.